The average molecular weight is 206 g/mol. The molecule has 0 aliphatic carbocycles. The fraction of sp³-hybridized carbons (Fsp3) is 0.0909. The van der Waals surface area contributed by atoms with E-state index in [-0.39, 0.29) is 0 Å². The molecular weight excluding hydrogens is 196 g/mol. The topological polar surface area (TPSA) is 0 Å². The van der Waals surface area contributed by atoms with Gasteiger partial charge >= 0.3 is 0 Å². The van der Waals surface area contributed by atoms with E-state index in [1.807, 2.05) is 12.1 Å². The van der Waals surface area contributed by atoms with Crippen LogP contribution in [0, 0.1) is 0 Å². The molecule has 0 spiro atoms. The molecule has 2 heteroatoms. The molecule has 13 heavy (non-hydrogen) atoms. The number of halogens is 1. The van der Waals surface area contributed by atoms with Crippen molar-refractivity contribution in [1.82, 2.24) is 0 Å². The van der Waals surface area contributed by atoms with E-state index in [1.165, 1.54) is 0 Å². The summed E-state index contributed by atoms with van der Waals surface area (Å²) in [5.74, 6) is 0.495. The molecule has 0 bridgehead atoms. The van der Waals surface area contributed by atoms with Gasteiger partial charge in [-0.15, -0.1) is 11.6 Å². The van der Waals surface area contributed by atoms with E-state index < -0.39 is 0 Å². The molecule has 1 aromatic rings. The highest BCUT2D eigenvalue weighted by Crippen LogP contribution is 2.17. The number of hydrogen-bond donors (Lipinski definition) is 0. The average Bonchev–Trinajstić information content (AvgIpc) is 2.17. The molecule has 0 heterocycles. The lowest BCUT2D eigenvalue weighted by atomic mass is 10.0. The Morgan fingerprint density at radius 2 is 1.85 bits per heavy atom. The van der Waals surface area contributed by atoms with Crippen LogP contribution in [0.1, 0.15) is 16.7 Å². The first-order valence-corrected chi connectivity index (χ1v) is 4.96. The van der Waals surface area contributed by atoms with Gasteiger partial charge in [-0.05, 0) is 16.7 Å². The second-order valence-electron chi connectivity index (χ2n) is 2.64. The molecule has 0 saturated heterocycles. The van der Waals surface area contributed by atoms with E-state index in [2.05, 4.69) is 23.4 Å². The highest BCUT2D eigenvalue weighted by molar-refractivity contribution is 6.34. The van der Waals surface area contributed by atoms with Gasteiger partial charge < -0.3 is 0 Å². The Bertz CT molecular complexity index is 342. The summed E-state index contributed by atoms with van der Waals surface area (Å²) in [6.45, 7) is 7.52. The lowest BCUT2D eigenvalue weighted by Gasteiger charge is -2.09. The predicted molar refractivity (Wildman–Crippen MR) is 61.6 cm³/mol. The third-order valence-corrected chi connectivity index (χ3v) is 2.65. The van der Waals surface area contributed by atoms with Gasteiger partial charge in [-0.3, -0.25) is 0 Å². The summed E-state index contributed by atoms with van der Waals surface area (Å²) in [6, 6.07) is 3.96. The lowest BCUT2D eigenvalue weighted by Crippen LogP contribution is -2.09. The second-order valence-corrected chi connectivity index (χ2v) is 3.45. The summed E-state index contributed by atoms with van der Waals surface area (Å²) in [4.78, 5) is 0. The van der Waals surface area contributed by atoms with Crippen LogP contribution in [-0.4, -0.2) is 10.2 Å². The maximum absolute atomic E-state index is 5.79. The maximum Gasteiger partial charge on any atom is 0.0720 e. The first-order valence-electron chi connectivity index (χ1n) is 3.93. The summed E-state index contributed by atoms with van der Waals surface area (Å²) < 4.78 is 0. The summed E-state index contributed by atoms with van der Waals surface area (Å²) in [7, 11) is 3.50. The van der Waals surface area contributed by atoms with Crippen LogP contribution in [0.15, 0.2) is 25.3 Å². The van der Waals surface area contributed by atoms with E-state index >= 15 is 0 Å². The van der Waals surface area contributed by atoms with Gasteiger partial charge in [-0.1, -0.05) is 42.6 Å². The minimum atomic E-state index is 0.495. The van der Waals surface area contributed by atoms with E-state index in [9.17, 15) is 0 Å². The first-order chi connectivity index (χ1) is 6.24. The van der Waals surface area contributed by atoms with E-state index in [4.69, 9.17) is 11.6 Å². The largest absolute Gasteiger partial charge is 0.122 e. The molecule has 0 amide bonds. The number of benzene rings is 1. The van der Waals surface area contributed by atoms with E-state index in [0.717, 1.165) is 21.9 Å². The fourth-order valence-corrected chi connectivity index (χ4v) is 1.81. The van der Waals surface area contributed by atoms with Gasteiger partial charge in [-0.25, -0.2) is 0 Å². The van der Waals surface area contributed by atoms with Crippen LogP contribution in [-0.2, 0) is 5.88 Å². The molecule has 3 radical (unpaired) electrons. The van der Waals surface area contributed by atoms with Gasteiger partial charge in [0, 0.05) is 5.88 Å². The Kier molecular flexibility index (Phi) is 3.52. The zero-order chi connectivity index (χ0) is 9.84. The summed E-state index contributed by atoms with van der Waals surface area (Å²) in [6.07, 6.45) is 3.60. The lowest BCUT2D eigenvalue weighted by molar-refractivity contribution is 1.38. The predicted octanol–water partition coefficient (Wildman–Crippen LogP) is 2.51. The molecule has 0 aromatic heterocycles. The van der Waals surface area contributed by atoms with Gasteiger partial charge in [0.15, 0.2) is 0 Å². The molecule has 1 aromatic carbocycles. The van der Waals surface area contributed by atoms with Gasteiger partial charge in [0.05, 0.1) is 10.2 Å². The summed E-state index contributed by atoms with van der Waals surface area (Å²) >= 11 is 5.79. The molecule has 1 rings (SSSR count). The van der Waals surface area contributed by atoms with Gasteiger partial charge in [0.1, 0.15) is 0 Å². The number of alkyl halides is 1. The quantitative estimate of drug-likeness (QED) is 0.526. The SMILES string of the molecule is C=Cc1c([Si])ccc(CCl)c1C=C. The van der Waals surface area contributed by atoms with Crippen LogP contribution in [0.3, 0.4) is 0 Å². The summed E-state index contributed by atoms with van der Waals surface area (Å²) in [5.41, 5.74) is 3.18. The second kappa shape index (κ2) is 4.45. The Hall–Kier alpha value is -0.793. The Labute approximate surface area is 87.4 Å². The van der Waals surface area contributed by atoms with Gasteiger partial charge in [0.25, 0.3) is 0 Å². The standard InChI is InChI=1S/C11H10ClSi/c1-3-9-8(7-12)5-6-11(13)10(9)4-2/h3-6H,1-2,7H2. The van der Waals surface area contributed by atoms with Crippen LogP contribution in [0.2, 0.25) is 0 Å². The summed E-state index contributed by atoms with van der Waals surface area (Å²) in [5, 5.41) is 1.01. The molecule has 0 aliphatic heterocycles. The van der Waals surface area contributed by atoms with Crippen LogP contribution in [0.5, 0.6) is 0 Å². The smallest absolute Gasteiger partial charge is 0.0720 e. The van der Waals surface area contributed by atoms with Crippen molar-refractivity contribution in [3.63, 3.8) is 0 Å². The third kappa shape index (κ3) is 1.93. The molecule has 0 unspecified atom stereocenters. The molecule has 0 N–H and O–H groups in total. The van der Waals surface area contributed by atoms with Crippen molar-refractivity contribution < 1.29 is 0 Å². The highest BCUT2D eigenvalue weighted by Gasteiger charge is 2.04. The molecule has 0 saturated carbocycles. The van der Waals surface area contributed by atoms with Crippen LogP contribution < -0.4 is 5.19 Å². The monoisotopic (exact) mass is 205 g/mol. The van der Waals surface area contributed by atoms with Crippen molar-refractivity contribution in [3.8, 4) is 0 Å². The maximum atomic E-state index is 5.79. The molecule has 0 nitrogen and oxygen atoms in total. The minimum Gasteiger partial charge on any atom is -0.122 e. The molecule has 0 aliphatic rings. The van der Waals surface area contributed by atoms with E-state index in [1.54, 1.807) is 12.2 Å². The minimum absolute atomic E-state index is 0.495. The fourth-order valence-electron chi connectivity index (χ4n) is 1.26. The Morgan fingerprint density at radius 1 is 1.23 bits per heavy atom. The highest BCUT2D eigenvalue weighted by atomic mass is 35.5. The molecule has 0 fully saturated rings. The number of rotatable bonds is 3. The molecular formula is C11H10ClSi. The number of hydrogen-bond acceptors (Lipinski definition) is 0. The van der Waals surface area contributed by atoms with Crippen LogP contribution in [0.25, 0.3) is 12.2 Å². The van der Waals surface area contributed by atoms with Crippen molar-refractivity contribution in [1.29, 1.82) is 0 Å². The third-order valence-electron chi connectivity index (χ3n) is 1.93. The zero-order valence-electron chi connectivity index (χ0n) is 7.31. The van der Waals surface area contributed by atoms with Crippen molar-refractivity contribution in [2.24, 2.45) is 0 Å². The van der Waals surface area contributed by atoms with Gasteiger partial charge in [-0.2, -0.15) is 0 Å². The first kappa shape index (κ1) is 10.3. The molecule has 0 atom stereocenters. The van der Waals surface area contributed by atoms with Crippen molar-refractivity contribution in [2.45, 2.75) is 5.88 Å². The Morgan fingerprint density at radius 3 is 2.31 bits per heavy atom. The van der Waals surface area contributed by atoms with Gasteiger partial charge in [0.2, 0.25) is 0 Å². The van der Waals surface area contributed by atoms with Crippen LogP contribution >= 0.6 is 11.6 Å². The van der Waals surface area contributed by atoms with Crippen molar-refractivity contribution in [2.75, 3.05) is 0 Å². The molecule has 65 valence electrons. The van der Waals surface area contributed by atoms with E-state index in [0.29, 0.717) is 5.88 Å². The van der Waals surface area contributed by atoms with Crippen molar-refractivity contribution >= 4 is 39.2 Å². The Balaban J connectivity index is 3.44. The van der Waals surface area contributed by atoms with Crippen LogP contribution in [0.4, 0.5) is 0 Å². The van der Waals surface area contributed by atoms with Crippen molar-refractivity contribution in [3.05, 3.63) is 42.0 Å². The normalized spacial score (nSPS) is 9.69. The zero-order valence-corrected chi connectivity index (χ0v) is 9.06.